The predicted molar refractivity (Wildman–Crippen MR) is 232 cm³/mol. The summed E-state index contributed by atoms with van der Waals surface area (Å²) < 4.78 is 5.83. The van der Waals surface area contributed by atoms with E-state index in [1.165, 1.54) is 49.9 Å². The lowest BCUT2D eigenvalue weighted by Crippen LogP contribution is -2.13. The molecule has 0 heterocycles. The van der Waals surface area contributed by atoms with Crippen molar-refractivity contribution in [2.24, 2.45) is 0 Å². The third kappa shape index (κ3) is 10.0. The van der Waals surface area contributed by atoms with E-state index in [-0.39, 0.29) is 44.9 Å². The molecular formula is C51H50O9. The minimum atomic E-state index is -1.22. The fourth-order valence-corrected chi connectivity index (χ4v) is 7.02. The molecule has 0 aromatic heterocycles. The summed E-state index contributed by atoms with van der Waals surface area (Å²) in [4.78, 5) is 50.1. The van der Waals surface area contributed by atoms with Gasteiger partial charge in [-0.3, -0.25) is 0 Å². The standard InChI is InChI=1S/C51H50O9/c1-5-6-7-8-9-11-16-33-23-25-36(26-24-33)44-43(58-48(55)40-21-14-19-38(45(40)52)34-17-12-10-13-18-34)32-31-42(47(44)54)50(57)60-59-49(56)41-22-15-20-39(46(41)53)35-27-29-37(30-28-35)51(2,3)4/h10,12-15,17-32,52-54H,5-9,11,16H2,1-4H3. The van der Waals surface area contributed by atoms with Crippen molar-refractivity contribution in [1.82, 2.24) is 0 Å². The van der Waals surface area contributed by atoms with Crippen LogP contribution in [0.3, 0.4) is 0 Å². The summed E-state index contributed by atoms with van der Waals surface area (Å²) in [7, 11) is 0. The average molecular weight is 807 g/mol. The molecule has 0 unspecified atom stereocenters. The third-order valence-electron chi connectivity index (χ3n) is 10.5. The Labute approximate surface area is 350 Å². The molecule has 0 saturated heterocycles. The van der Waals surface area contributed by atoms with Crippen molar-refractivity contribution in [1.29, 1.82) is 0 Å². The summed E-state index contributed by atoms with van der Waals surface area (Å²) in [5.74, 6) is -4.61. The molecule has 0 saturated carbocycles. The number of ether oxygens (including phenoxy) is 1. The first kappa shape index (κ1) is 42.7. The molecule has 0 radical (unpaired) electrons. The Morgan fingerprint density at radius 2 is 1.02 bits per heavy atom. The summed E-state index contributed by atoms with van der Waals surface area (Å²) in [6.07, 6.45) is 7.80. The highest BCUT2D eigenvalue weighted by atomic mass is 17.2. The van der Waals surface area contributed by atoms with Crippen LogP contribution in [0.1, 0.15) is 108 Å². The number of phenolic OH excluding ortho intramolecular Hbond substituents is 3. The number of hydrogen-bond donors (Lipinski definition) is 3. The highest BCUT2D eigenvalue weighted by Crippen LogP contribution is 2.42. The molecule has 0 bridgehead atoms. The van der Waals surface area contributed by atoms with Gasteiger partial charge in [0, 0.05) is 11.1 Å². The molecule has 308 valence electrons. The number of para-hydroxylation sites is 2. The Morgan fingerprint density at radius 1 is 0.500 bits per heavy atom. The zero-order chi connectivity index (χ0) is 42.8. The number of phenols is 3. The SMILES string of the molecule is CCCCCCCCc1ccc(-c2c(OC(=O)c3cccc(-c4ccccc4)c3O)ccc(C(=O)OOC(=O)c3cccc(-c4ccc(C(C)(C)C)cc4)c3O)c2O)cc1. The van der Waals surface area contributed by atoms with Gasteiger partial charge in [-0.15, -0.1) is 0 Å². The first-order valence-corrected chi connectivity index (χ1v) is 20.3. The van der Waals surface area contributed by atoms with Crippen molar-refractivity contribution in [3.63, 3.8) is 0 Å². The Kier molecular flexibility index (Phi) is 13.7. The Morgan fingerprint density at radius 3 is 1.60 bits per heavy atom. The summed E-state index contributed by atoms with van der Waals surface area (Å²) in [5.41, 5.74) is 3.94. The van der Waals surface area contributed by atoms with Crippen molar-refractivity contribution in [3.05, 3.63) is 155 Å². The topological polar surface area (TPSA) is 140 Å². The van der Waals surface area contributed by atoms with Gasteiger partial charge in [-0.25, -0.2) is 24.2 Å². The number of benzene rings is 6. The van der Waals surface area contributed by atoms with Gasteiger partial charge in [0.1, 0.15) is 39.7 Å². The lowest BCUT2D eigenvalue weighted by Gasteiger charge is -2.19. The van der Waals surface area contributed by atoms with Gasteiger partial charge in [-0.2, -0.15) is 0 Å². The first-order valence-electron chi connectivity index (χ1n) is 20.3. The molecule has 6 rings (SSSR count). The number of aryl methyl sites for hydroxylation is 1. The van der Waals surface area contributed by atoms with Crippen LogP contribution in [-0.2, 0) is 21.6 Å². The summed E-state index contributed by atoms with van der Waals surface area (Å²) in [6, 6.07) is 35.8. The maximum absolute atomic E-state index is 13.7. The number of carbonyl (C=O) groups excluding carboxylic acids is 3. The van der Waals surface area contributed by atoms with Crippen molar-refractivity contribution in [2.75, 3.05) is 0 Å². The molecule has 0 aliphatic heterocycles. The van der Waals surface area contributed by atoms with Gasteiger partial charge in [-0.1, -0.05) is 163 Å². The molecule has 3 N–H and O–H groups in total. The molecule has 0 spiro atoms. The molecule has 0 aliphatic carbocycles. The van der Waals surface area contributed by atoms with E-state index in [2.05, 4.69) is 27.7 Å². The molecule has 60 heavy (non-hydrogen) atoms. The van der Waals surface area contributed by atoms with Gasteiger partial charge < -0.3 is 20.1 Å². The third-order valence-corrected chi connectivity index (χ3v) is 10.5. The smallest absolute Gasteiger partial charge is 0.390 e. The van der Waals surface area contributed by atoms with Crippen molar-refractivity contribution >= 4 is 17.9 Å². The Bertz CT molecular complexity index is 2450. The van der Waals surface area contributed by atoms with E-state index in [0.717, 1.165) is 30.4 Å². The number of rotatable bonds is 14. The largest absolute Gasteiger partial charge is 0.506 e. The van der Waals surface area contributed by atoms with Crippen LogP contribution in [0.2, 0.25) is 0 Å². The second kappa shape index (κ2) is 19.3. The van der Waals surface area contributed by atoms with Gasteiger partial charge in [0.25, 0.3) is 0 Å². The van der Waals surface area contributed by atoms with Crippen LogP contribution in [-0.4, -0.2) is 33.2 Å². The lowest BCUT2D eigenvalue weighted by molar-refractivity contribution is -0.187. The normalized spacial score (nSPS) is 11.2. The second-order valence-electron chi connectivity index (χ2n) is 15.8. The molecule has 0 aliphatic rings. The molecule has 0 amide bonds. The number of hydrogen-bond acceptors (Lipinski definition) is 9. The number of aromatic hydroxyl groups is 3. The van der Waals surface area contributed by atoms with E-state index >= 15 is 0 Å². The van der Waals surface area contributed by atoms with E-state index in [1.54, 1.807) is 48.5 Å². The number of unbranched alkanes of at least 4 members (excludes halogenated alkanes) is 5. The maximum Gasteiger partial charge on any atom is 0.390 e. The fourth-order valence-electron chi connectivity index (χ4n) is 7.02. The molecule has 0 fully saturated rings. The maximum atomic E-state index is 13.7. The van der Waals surface area contributed by atoms with Crippen molar-refractivity contribution in [3.8, 4) is 56.4 Å². The first-order chi connectivity index (χ1) is 28.9. The lowest BCUT2D eigenvalue weighted by atomic mass is 9.86. The van der Waals surface area contributed by atoms with Crippen LogP contribution in [0.25, 0.3) is 33.4 Å². The van der Waals surface area contributed by atoms with Crippen LogP contribution in [0.5, 0.6) is 23.0 Å². The van der Waals surface area contributed by atoms with E-state index in [0.29, 0.717) is 27.8 Å². The van der Waals surface area contributed by atoms with E-state index in [9.17, 15) is 29.7 Å². The van der Waals surface area contributed by atoms with Crippen LogP contribution >= 0.6 is 0 Å². The quantitative estimate of drug-likeness (QED) is 0.0322. The minimum absolute atomic E-state index is 0.00299. The van der Waals surface area contributed by atoms with Gasteiger partial charge >= 0.3 is 17.9 Å². The van der Waals surface area contributed by atoms with Gasteiger partial charge in [0.2, 0.25) is 0 Å². The molecule has 6 aromatic carbocycles. The summed E-state index contributed by atoms with van der Waals surface area (Å²) in [6.45, 7) is 8.47. The van der Waals surface area contributed by atoms with Crippen LogP contribution in [0, 0.1) is 0 Å². The zero-order valence-electron chi connectivity index (χ0n) is 34.4. The number of carbonyl (C=O) groups is 3. The van der Waals surface area contributed by atoms with E-state index in [4.69, 9.17) is 14.5 Å². The fraction of sp³-hybridized carbons (Fsp3) is 0.235. The average Bonchev–Trinajstić information content (AvgIpc) is 3.24. The summed E-state index contributed by atoms with van der Waals surface area (Å²) >= 11 is 0. The summed E-state index contributed by atoms with van der Waals surface area (Å²) in [5, 5.41) is 33.9. The molecule has 9 nitrogen and oxygen atoms in total. The highest BCUT2D eigenvalue weighted by Gasteiger charge is 2.27. The van der Waals surface area contributed by atoms with Crippen LogP contribution in [0.15, 0.2) is 127 Å². The van der Waals surface area contributed by atoms with Gasteiger partial charge in [0.05, 0.1) is 5.56 Å². The Hall–Kier alpha value is -6.87. The monoisotopic (exact) mass is 806 g/mol. The van der Waals surface area contributed by atoms with Gasteiger partial charge in [0.15, 0.2) is 0 Å². The van der Waals surface area contributed by atoms with Crippen LogP contribution in [0.4, 0.5) is 0 Å². The van der Waals surface area contributed by atoms with Crippen molar-refractivity contribution < 1.29 is 44.2 Å². The van der Waals surface area contributed by atoms with Gasteiger partial charge in [-0.05, 0) is 70.3 Å². The number of esters is 1. The Balaban J connectivity index is 1.25. The second-order valence-corrected chi connectivity index (χ2v) is 15.8. The van der Waals surface area contributed by atoms with E-state index in [1.807, 2.05) is 54.6 Å². The molecule has 0 atom stereocenters. The highest BCUT2D eigenvalue weighted by molar-refractivity contribution is 6.01. The predicted octanol–water partition coefficient (Wildman–Crippen LogP) is 12.2. The van der Waals surface area contributed by atoms with E-state index < -0.39 is 23.7 Å². The minimum Gasteiger partial charge on any atom is -0.506 e. The van der Waals surface area contributed by atoms with Crippen molar-refractivity contribution in [2.45, 2.75) is 78.1 Å². The molecule has 6 aromatic rings. The molecular weight excluding hydrogens is 757 g/mol. The zero-order valence-corrected chi connectivity index (χ0v) is 34.4. The van der Waals surface area contributed by atoms with Crippen LogP contribution < -0.4 is 4.74 Å². The molecule has 9 heteroatoms.